The molecule has 5 heteroatoms. The zero-order chi connectivity index (χ0) is 16.0. The van der Waals surface area contributed by atoms with Crippen LogP contribution in [-0.2, 0) is 20.1 Å². The van der Waals surface area contributed by atoms with E-state index in [1.165, 1.54) is 0 Å². The molecule has 4 unspecified atom stereocenters. The maximum absolute atomic E-state index is 8.56. The van der Waals surface area contributed by atoms with Gasteiger partial charge in [0.1, 0.15) is 0 Å². The van der Waals surface area contributed by atoms with Crippen LogP contribution in [0.15, 0.2) is 30.3 Å². The first kappa shape index (κ1) is 29.7. The predicted molar refractivity (Wildman–Crippen MR) is 87.6 cm³/mol. The molecule has 4 N–H and O–H groups in total. The molecule has 0 aliphatic carbocycles. The van der Waals surface area contributed by atoms with Gasteiger partial charge in [-0.05, 0) is 40.5 Å². The molecule has 0 saturated carbocycles. The topological polar surface area (TPSA) is 80.9 Å². The molecule has 0 fully saturated rings. The minimum Gasteiger partial charge on any atom is -0.393 e. The molecule has 1 aromatic carbocycles. The molecular formula is C17H32IrO4-2. The van der Waals surface area contributed by atoms with Crippen LogP contribution in [0, 0.1) is 13.5 Å². The van der Waals surface area contributed by atoms with Crippen molar-refractivity contribution in [1.82, 2.24) is 0 Å². The fourth-order valence-corrected chi connectivity index (χ4v) is 1.33. The second-order valence-corrected chi connectivity index (χ2v) is 4.94. The van der Waals surface area contributed by atoms with Crippen molar-refractivity contribution in [2.45, 2.75) is 65.0 Å². The first-order valence-corrected chi connectivity index (χ1v) is 6.89. The third kappa shape index (κ3) is 36.7. The standard InChI is InChI=1S/C6H5.2C5H12O2.CH3.Ir/c1-2-4-6-5-3-1;2*1-4(6)3-5(2)7;;/h1-5H;2*4-7H,3H2,1-2H3;1H3;/q-1;;;-1;. The van der Waals surface area contributed by atoms with E-state index in [9.17, 15) is 0 Å². The number of aliphatic hydroxyl groups excluding tert-OH is 4. The first-order chi connectivity index (χ1) is 9.25. The Bertz CT molecular complexity index is 225. The van der Waals surface area contributed by atoms with Crippen molar-refractivity contribution in [3.05, 3.63) is 43.8 Å². The molecule has 1 radical (unpaired) electrons. The van der Waals surface area contributed by atoms with Crippen LogP contribution in [0.1, 0.15) is 40.5 Å². The molecule has 1 rings (SSSR count). The van der Waals surface area contributed by atoms with Gasteiger partial charge in [0.2, 0.25) is 0 Å². The molecule has 0 heterocycles. The van der Waals surface area contributed by atoms with Gasteiger partial charge in [-0.2, -0.15) is 36.4 Å². The van der Waals surface area contributed by atoms with Crippen LogP contribution in [0.4, 0.5) is 0 Å². The van der Waals surface area contributed by atoms with Gasteiger partial charge in [-0.1, -0.05) is 0 Å². The van der Waals surface area contributed by atoms with E-state index < -0.39 is 0 Å². The second-order valence-electron chi connectivity index (χ2n) is 4.94. The largest absolute Gasteiger partial charge is 0.393 e. The molecule has 135 valence electrons. The Morgan fingerprint density at radius 3 is 1.00 bits per heavy atom. The molecule has 1 aromatic rings. The average molecular weight is 493 g/mol. The molecule has 0 aliphatic heterocycles. The maximum Gasteiger partial charge on any atom is 0.0536 e. The zero-order valence-corrected chi connectivity index (χ0v) is 16.6. The van der Waals surface area contributed by atoms with Crippen LogP contribution in [0.25, 0.3) is 0 Å². The van der Waals surface area contributed by atoms with Gasteiger partial charge in [0.25, 0.3) is 0 Å². The Kier molecular flexibility index (Phi) is 27.9. The third-order valence-corrected chi connectivity index (χ3v) is 1.97. The van der Waals surface area contributed by atoms with Crippen molar-refractivity contribution in [2.75, 3.05) is 0 Å². The molecule has 0 amide bonds. The molecule has 22 heavy (non-hydrogen) atoms. The van der Waals surface area contributed by atoms with E-state index in [1.807, 2.05) is 30.3 Å². The monoisotopic (exact) mass is 493 g/mol. The Balaban J connectivity index is -0.000000106. The summed E-state index contributed by atoms with van der Waals surface area (Å²) in [5.41, 5.74) is 0. The van der Waals surface area contributed by atoms with Gasteiger partial charge >= 0.3 is 0 Å². The molecule has 0 spiro atoms. The Morgan fingerprint density at radius 2 is 0.955 bits per heavy atom. The van der Waals surface area contributed by atoms with Crippen molar-refractivity contribution < 1.29 is 40.5 Å². The van der Waals surface area contributed by atoms with E-state index in [0.29, 0.717) is 12.8 Å². The number of aliphatic hydroxyl groups is 4. The summed E-state index contributed by atoms with van der Waals surface area (Å²) in [4.78, 5) is 0. The van der Waals surface area contributed by atoms with Crippen molar-refractivity contribution in [1.29, 1.82) is 0 Å². The fraction of sp³-hybridized carbons (Fsp3) is 0.588. The third-order valence-electron chi connectivity index (χ3n) is 1.97. The summed E-state index contributed by atoms with van der Waals surface area (Å²) in [5.74, 6) is 0. The van der Waals surface area contributed by atoms with Crippen LogP contribution in [0.5, 0.6) is 0 Å². The smallest absolute Gasteiger partial charge is 0.0536 e. The van der Waals surface area contributed by atoms with Gasteiger partial charge in [0.05, 0.1) is 24.4 Å². The van der Waals surface area contributed by atoms with Crippen LogP contribution in [0.3, 0.4) is 0 Å². The van der Waals surface area contributed by atoms with Gasteiger partial charge in [0.15, 0.2) is 0 Å². The van der Waals surface area contributed by atoms with Crippen molar-refractivity contribution >= 4 is 0 Å². The summed E-state index contributed by atoms with van der Waals surface area (Å²) in [6.07, 6.45) is -0.556. The summed E-state index contributed by atoms with van der Waals surface area (Å²) in [6, 6.07) is 12.5. The van der Waals surface area contributed by atoms with Crippen molar-refractivity contribution in [2.24, 2.45) is 0 Å². The van der Waals surface area contributed by atoms with Crippen LogP contribution in [0.2, 0.25) is 0 Å². The summed E-state index contributed by atoms with van der Waals surface area (Å²) in [7, 11) is 0. The average Bonchev–Trinajstić information content (AvgIpc) is 2.29. The van der Waals surface area contributed by atoms with E-state index in [0.717, 1.165) is 0 Å². The Morgan fingerprint density at radius 1 is 0.682 bits per heavy atom. The summed E-state index contributed by atoms with van der Waals surface area (Å²) in [5, 5.41) is 34.3. The van der Waals surface area contributed by atoms with Gasteiger partial charge in [-0.25, -0.2) is 0 Å². The number of hydrogen-bond acceptors (Lipinski definition) is 4. The summed E-state index contributed by atoms with van der Waals surface area (Å²) in [6.45, 7) is 6.64. The predicted octanol–water partition coefficient (Wildman–Crippen LogP) is 2.21. The fourth-order valence-electron chi connectivity index (χ4n) is 1.33. The summed E-state index contributed by atoms with van der Waals surface area (Å²) < 4.78 is 0. The molecule has 0 aliphatic rings. The minimum absolute atomic E-state index is 0. The number of benzene rings is 1. The Hall–Kier alpha value is -0.291. The second kappa shape index (κ2) is 20.7. The van der Waals surface area contributed by atoms with Gasteiger partial charge in [0, 0.05) is 20.1 Å². The normalized spacial score (nSPS) is 14.2. The quantitative estimate of drug-likeness (QED) is 0.486. The van der Waals surface area contributed by atoms with Crippen LogP contribution in [-0.4, -0.2) is 44.8 Å². The van der Waals surface area contributed by atoms with Gasteiger partial charge < -0.3 is 27.9 Å². The van der Waals surface area contributed by atoms with E-state index in [4.69, 9.17) is 20.4 Å². The molecule has 0 bridgehead atoms. The van der Waals surface area contributed by atoms with E-state index >= 15 is 0 Å². The molecule has 4 atom stereocenters. The maximum atomic E-state index is 8.56. The van der Waals surface area contributed by atoms with Crippen molar-refractivity contribution in [3.63, 3.8) is 0 Å². The van der Waals surface area contributed by atoms with E-state index in [-0.39, 0.29) is 51.9 Å². The van der Waals surface area contributed by atoms with Gasteiger partial charge in [-0.15, -0.1) is 0 Å². The molecule has 0 aromatic heterocycles. The number of hydrogen-bond donors (Lipinski definition) is 4. The molecule has 4 nitrogen and oxygen atoms in total. The summed E-state index contributed by atoms with van der Waals surface area (Å²) >= 11 is 0. The first-order valence-electron chi connectivity index (χ1n) is 6.89. The SMILES string of the molecule is CC(O)CC(C)O.CC(O)CC(C)O.[CH3-].[Ir].[c-]1ccccc1. The van der Waals surface area contributed by atoms with Crippen LogP contribution >= 0.6 is 0 Å². The van der Waals surface area contributed by atoms with Crippen molar-refractivity contribution in [3.8, 4) is 0 Å². The van der Waals surface area contributed by atoms with Gasteiger partial charge in [-0.3, -0.25) is 0 Å². The zero-order valence-electron chi connectivity index (χ0n) is 14.2. The molecule has 0 saturated heterocycles. The minimum atomic E-state index is -0.375. The molecular weight excluding hydrogens is 460 g/mol. The van der Waals surface area contributed by atoms with E-state index in [2.05, 4.69) is 6.07 Å². The van der Waals surface area contributed by atoms with E-state index in [1.54, 1.807) is 27.7 Å². The Labute approximate surface area is 149 Å². The van der Waals surface area contributed by atoms with Crippen LogP contribution < -0.4 is 0 Å². The number of rotatable bonds is 4.